The molecule has 2 aromatic heterocycles. The van der Waals surface area contributed by atoms with Crippen LogP contribution in [0.3, 0.4) is 0 Å². The summed E-state index contributed by atoms with van der Waals surface area (Å²) in [6.45, 7) is 9.43. The molecule has 0 bridgehead atoms. The van der Waals surface area contributed by atoms with E-state index < -0.39 is 5.69 Å². The molecular formula is C21H29N5O2. The molecule has 1 aromatic carbocycles. The number of H-pyrrole nitrogens is 1. The van der Waals surface area contributed by atoms with Gasteiger partial charge in [0, 0.05) is 13.6 Å². The van der Waals surface area contributed by atoms with E-state index in [-0.39, 0.29) is 5.56 Å². The van der Waals surface area contributed by atoms with Gasteiger partial charge >= 0.3 is 5.69 Å². The predicted molar refractivity (Wildman–Crippen MR) is 112 cm³/mol. The fraction of sp³-hybridized carbons (Fsp3) is 0.476. The lowest BCUT2D eigenvalue weighted by atomic mass is 10.1. The molecule has 0 saturated heterocycles. The van der Waals surface area contributed by atoms with Crippen LogP contribution in [0, 0.1) is 6.92 Å². The van der Waals surface area contributed by atoms with Crippen molar-refractivity contribution in [3.05, 3.63) is 62.1 Å². The molecule has 7 heteroatoms. The number of aromatic amines is 1. The van der Waals surface area contributed by atoms with Crippen LogP contribution in [0.1, 0.15) is 43.6 Å². The first-order valence-electron chi connectivity index (χ1n) is 9.90. The highest BCUT2D eigenvalue weighted by Gasteiger charge is 2.19. The summed E-state index contributed by atoms with van der Waals surface area (Å²) in [4.78, 5) is 34.1. The Hall–Kier alpha value is -2.67. The lowest BCUT2D eigenvalue weighted by Crippen LogP contribution is -2.29. The quantitative estimate of drug-likeness (QED) is 0.648. The molecular weight excluding hydrogens is 354 g/mol. The fourth-order valence-corrected chi connectivity index (χ4v) is 3.49. The third-order valence-corrected chi connectivity index (χ3v) is 5.15. The number of nitrogens with one attached hydrogen (secondary N) is 1. The van der Waals surface area contributed by atoms with Gasteiger partial charge in [-0.1, -0.05) is 50.1 Å². The lowest BCUT2D eigenvalue weighted by Gasteiger charge is -2.20. The Balaban J connectivity index is 2.13. The van der Waals surface area contributed by atoms with Crippen molar-refractivity contribution in [3.8, 4) is 0 Å². The first-order chi connectivity index (χ1) is 13.4. The molecule has 150 valence electrons. The molecule has 3 rings (SSSR count). The number of imidazole rings is 1. The van der Waals surface area contributed by atoms with Crippen molar-refractivity contribution < 1.29 is 0 Å². The van der Waals surface area contributed by atoms with E-state index in [0.717, 1.165) is 37.3 Å². The van der Waals surface area contributed by atoms with E-state index in [9.17, 15) is 9.59 Å². The smallest absolute Gasteiger partial charge is 0.317 e. The van der Waals surface area contributed by atoms with Gasteiger partial charge in [0.15, 0.2) is 11.2 Å². The summed E-state index contributed by atoms with van der Waals surface area (Å²) < 4.78 is 3.37. The number of rotatable bonds is 8. The van der Waals surface area contributed by atoms with Crippen LogP contribution in [0.25, 0.3) is 11.2 Å². The number of aryl methyl sites for hydroxylation is 2. The van der Waals surface area contributed by atoms with Crippen molar-refractivity contribution in [3.63, 3.8) is 0 Å². The molecule has 28 heavy (non-hydrogen) atoms. The summed E-state index contributed by atoms with van der Waals surface area (Å²) in [7, 11) is 1.64. The van der Waals surface area contributed by atoms with Gasteiger partial charge in [0.25, 0.3) is 5.56 Å². The average Bonchev–Trinajstić information content (AvgIpc) is 3.02. The molecule has 0 unspecified atom stereocenters. The second-order valence-electron chi connectivity index (χ2n) is 7.32. The largest absolute Gasteiger partial charge is 0.329 e. The van der Waals surface area contributed by atoms with Crippen LogP contribution in [0.15, 0.2) is 33.9 Å². The minimum atomic E-state index is -0.442. The second-order valence-corrected chi connectivity index (χ2v) is 7.32. The van der Waals surface area contributed by atoms with Crippen LogP contribution in [-0.2, 0) is 20.1 Å². The number of fused-ring (bicyclic) bond motifs is 1. The van der Waals surface area contributed by atoms with Gasteiger partial charge in [-0.25, -0.2) is 9.78 Å². The summed E-state index contributed by atoms with van der Waals surface area (Å²) in [6.07, 6.45) is 2.25. The predicted octanol–water partition coefficient (Wildman–Crippen LogP) is 2.40. The highest BCUT2D eigenvalue weighted by atomic mass is 16.2. The molecule has 0 atom stereocenters. The van der Waals surface area contributed by atoms with E-state index in [1.54, 1.807) is 7.05 Å². The third-order valence-electron chi connectivity index (χ3n) is 5.15. The summed E-state index contributed by atoms with van der Waals surface area (Å²) in [6, 6.07) is 8.23. The number of nitrogens with zero attached hydrogens (tertiary/aromatic N) is 4. The number of hydrogen-bond acceptors (Lipinski definition) is 4. The SMILES string of the molecule is CCCCN(CC)Cc1nc2c(c(=O)[nH]c(=O)n2C)n1Cc1cccc(C)c1. The summed E-state index contributed by atoms with van der Waals surface area (Å²) >= 11 is 0. The maximum atomic E-state index is 12.6. The van der Waals surface area contributed by atoms with E-state index in [4.69, 9.17) is 4.98 Å². The normalized spacial score (nSPS) is 11.6. The Bertz CT molecular complexity index is 1080. The van der Waals surface area contributed by atoms with Crippen molar-refractivity contribution in [2.24, 2.45) is 7.05 Å². The van der Waals surface area contributed by atoms with Crippen LogP contribution in [0.5, 0.6) is 0 Å². The zero-order valence-electron chi connectivity index (χ0n) is 17.2. The summed E-state index contributed by atoms with van der Waals surface area (Å²) in [5.74, 6) is 0.807. The molecule has 0 aliphatic heterocycles. The van der Waals surface area contributed by atoms with E-state index >= 15 is 0 Å². The van der Waals surface area contributed by atoms with Gasteiger partial charge in [-0.15, -0.1) is 0 Å². The zero-order valence-corrected chi connectivity index (χ0v) is 17.2. The van der Waals surface area contributed by atoms with Gasteiger partial charge < -0.3 is 4.57 Å². The Kier molecular flexibility index (Phi) is 6.14. The van der Waals surface area contributed by atoms with Crippen molar-refractivity contribution in [1.29, 1.82) is 0 Å². The lowest BCUT2D eigenvalue weighted by molar-refractivity contribution is 0.265. The zero-order chi connectivity index (χ0) is 20.3. The molecule has 3 aromatic rings. The van der Waals surface area contributed by atoms with Crippen LogP contribution >= 0.6 is 0 Å². The van der Waals surface area contributed by atoms with Gasteiger partial charge in [-0.3, -0.25) is 19.2 Å². The molecule has 2 heterocycles. The molecule has 0 radical (unpaired) electrons. The highest BCUT2D eigenvalue weighted by molar-refractivity contribution is 5.71. The molecule has 0 spiro atoms. The fourth-order valence-electron chi connectivity index (χ4n) is 3.49. The number of unbranched alkanes of at least 4 members (excludes halogenated alkanes) is 1. The Morgan fingerprint density at radius 1 is 1.21 bits per heavy atom. The maximum Gasteiger partial charge on any atom is 0.329 e. The van der Waals surface area contributed by atoms with E-state index in [1.807, 2.05) is 16.7 Å². The van der Waals surface area contributed by atoms with Crippen molar-refractivity contribution >= 4 is 11.2 Å². The minimum Gasteiger partial charge on any atom is -0.317 e. The third kappa shape index (κ3) is 4.09. The highest BCUT2D eigenvalue weighted by Crippen LogP contribution is 2.16. The van der Waals surface area contributed by atoms with Crippen molar-refractivity contribution in [1.82, 2.24) is 24.0 Å². The Morgan fingerprint density at radius 2 is 2.00 bits per heavy atom. The van der Waals surface area contributed by atoms with Gasteiger partial charge in [-0.2, -0.15) is 0 Å². The monoisotopic (exact) mass is 383 g/mol. The Labute approximate surface area is 164 Å². The first kappa shape index (κ1) is 20.1. The van der Waals surface area contributed by atoms with Crippen LogP contribution in [0.2, 0.25) is 0 Å². The molecule has 0 saturated carbocycles. The van der Waals surface area contributed by atoms with Gasteiger partial charge in [0.1, 0.15) is 5.82 Å². The number of hydrogen-bond donors (Lipinski definition) is 1. The van der Waals surface area contributed by atoms with E-state index in [1.165, 1.54) is 10.1 Å². The summed E-state index contributed by atoms with van der Waals surface area (Å²) in [5.41, 5.74) is 2.32. The summed E-state index contributed by atoms with van der Waals surface area (Å²) in [5, 5.41) is 0. The van der Waals surface area contributed by atoms with Crippen molar-refractivity contribution in [2.75, 3.05) is 13.1 Å². The van der Waals surface area contributed by atoms with Crippen LogP contribution in [-0.4, -0.2) is 37.1 Å². The van der Waals surface area contributed by atoms with Crippen LogP contribution < -0.4 is 11.2 Å². The van der Waals surface area contributed by atoms with Crippen LogP contribution in [0.4, 0.5) is 0 Å². The molecule has 0 fully saturated rings. The molecule has 0 aliphatic carbocycles. The topological polar surface area (TPSA) is 75.9 Å². The maximum absolute atomic E-state index is 12.6. The molecule has 1 N–H and O–H groups in total. The molecule has 0 amide bonds. The van der Waals surface area contributed by atoms with Gasteiger partial charge in [0.2, 0.25) is 0 Å². The number of benzene rings is 1. The van der Waals surface area contributed by atoms with E-state index in [0.29, 0.717) is 24.3 Å². The number of aromatic nitrogens is 4. The van der Waals surface area contributed by atoms with E-state index in [2.05, 4.69) is 42.8 Å². The molecule has 0 aliphatic rings. The van der Waals surface area contributed by atoms with Gasteiger partial charge in [0.05, 0.1) is 6.54 Å². The van der Waals surface area contributed by atoms with Crippen molar-refractivity contribution in [2.45, 2.75) is 46.7 Å². The minimum absolute atomic E-state index is 0.388. The first-order valence-corrected chi connectivity index (χ1v) is 9.90. The second kappa shape index (κ2) is 8.56. The van der Waals surface area contributed by atoms with Gasteiger partial charge in [-0.05, 0) is 32.0 Å². The Morgan fingerprint density at radius 3 is 2.68 bits per heavy atom. The molecule has 7 nitrogen and oxygen atoms in total. The standard InChI is InChI=1S/C21H29N5O2/c1-5-7-11-25(6-2)14-17-22-19-18(20(27)23-21(28)24(19)4)26(17)13-16-10-8-9-15(3)12-16/h8-10,12H,5-7,11,13-14H2,1-4H3,(H,23,27,28). The average molecular weight is 383 g/mol.